The molecule has 2 unspecified atom stereocenters. The summed E-state index contributed by atoms with van der Waals surface area (Å²) in [5.41, 5.74) is 0. The van der Waals surface area contributed by atoms with E-state index >= 15 is 0 Å². The van der Waals surface area contributed by atoms with Crippen molar-refractivity contribution in [2.75, 3.05) is 20.1 Å². The van der Waals surface area contributed by atoms with Crippen LogP contribution in [-0.2, 0) is 0 Å². The summed E-state index contributed by atoms with van der Waals surface area (Å²) in [5.74, 6) is 0.886. The Balaban J connectivity index is 1.73. The van der Waals surface area contributed by atoms with Gasteiger partial charge in [-0.25, -0.2) is 0 Å². The number of hydrogen-bond donors (Lipinski definition) is 1. The summed E-state index contributed by atoms with van der Waals surface area (Å²) in [6, 6.07) is 1.64. The second-order valence-electron chi connectivity index (χ2n) is 5.32. The molecule has 0 aromatic carbocycles. The average molecular weight is 196 g/mol. The molecule has 0 aromatic rings. The van der Waals surface area contributed by atoms with Crippen LogP contribution in [0.3, 0.4) is 0 Å². The van der Waals surface area contributed by atoms with Crippen LogP contribution in [0.1, 0.15) is 39.0 Å². The van der Waals surface area contributed by atoms with Crippen LogP contribution in [0.4, 0.5) is 0 Å². The smallest absolute Gasteiger partial charge is 0.0198 e. The molecule has 1 saturated carbocycles. The second kappa shape index (κ2) is 4.63. The van der Waals surface area contributed by atoms with Gasteiger partial charge in [0.25, 0.3) is 0 Å². The van der Waals surface area contributed by atoms with Gasteiger partial charge in [-0.05, 0) is 38.8 Å². The van der Waals surface area contributed by atoms with E-state index in [1.807, 2.05) is 0 Å². The zero-order chi connectivity index (χ0) is 9.97. The van der Waals surface area contributed by atoms with E-state index in [-0.39, 0.29) is 0 Å². The molecule has 2 rings (SSSR count). The molecule has 1 aliphatic carbocycles. The van der Waals surface area contributed by atoms with Crippen molar-refractivity contribution >= 4 is 0 Å². The third-order valence-corrected chi connectivity index (χ3v) is 3.90. The van der Waals surface area contributed by atoms with E-state index in [9.17, 15) is 0 Å². The highest BCUT2D eigenvalue weighted by molar-refractivity contribution is 4.84. The molecule has 2 fully saturated rings. The predicted octanol–water partition coefficient (Wildman–Crippen LogP) is 1.86. The number of nitrogens with zero attached hydrogens (tertiary/aromatic N) is 1. The Labute approximate surface area is 88.1 Å². The second-order valence-corrected chi connectivity index (χ2v) is 5.32. The van der Waals surface area contributed by atoms with Gasteiger partial charge in [0.05, 0.1) is 0 Å². The standard InChI is InChI=1S/C12H24N2/c1-10-7-11(13-8-10)9-14(2)12-5-3-4-6-12/h10-13H,3-9H2,1-2H3. The number of hydrogen-bond acceptors (Lipinski definition) is 2. The van der Waals surface area contributed by atoms with Crippen LogP contribution in [-0.4, -0.2) is 37.1 Å². The lowest BCUT2D eigenvalue weighted by Crippen LogP contribution is -2.39. The molecule has 14 heavy (non-hydrogen) atoms. The van der Waals surface area contributed by atoms with E-state index in [2.05, 4.69) is 24.2 Å². The molecule has 0 bridgehead atoms. The molecule has 0 amide bonds. The van der Waals surface area contributed by atoms with Crippen LogP contribution in [0.5, 0.6) is 0 Å². The van der Waals surface area contributed by atoms with E-state index < -0.39 is 0 Å². The molecule has 2 aliphatic rings. The van der Waals surface area contributed by atoms with Gasteiger partial charge in [0.15, 0.2) is 0 Å². The normalized spacial score (nSPS) is 34.5. The Morgan fingerprint density at radius 3 is 2.57 bits per heavy atom. The third kappa shape index (κ3) is 2.48. The van der Waals surface area contributed by atoms with Crippen LogP contribution < -0.4 is 5.32 Å². The van der Waals surface area contributed by atoms with Crippen LogP contribution in [0, 0.1) is 5.92 Å². The van der Waals surface area contributed by atoms with Crippen molar-refractivity contribution in [1.82, 2.24) is 10.2 Å². The Bertz CT molecular complexity index is 175. The zero-order valence-electron chi connectivity index (χ0n) is 9.63. The van der Waals surface area contributed by atoms with Crippen molar-refractivity contribution in [2.45, 2.75) is 51.1 Å². The van der Waals surface area contributed by atoms with Gasteiger partial charge in [0.1, 0.15) is 0 Å². The van der Waals surface area contributed by atoms with Gasteiger partial charge in [-0.15, -0.1) is 0 Å². The summed E-state index contributed by atoms with van der Waals surface area (Å²) in [7, 11) is 2.31. The molecule has 1 saturated heterocycles. The van der Waals surface area contributed by atoms with Crippen molar-refractivity contribution in [3.05, 3.63) is 0 Å². The van der Waals surface area contributed by atoms with Crippen molar-refractivity contribution in [3.63, 3.8) is 0 Å². The molecule has 1 N–H and O–H groups in total. The highest BCUT2D eigenvalue weighted by atomic mass is 15.2. The van der Waals surface area contributed by atoms with Crippen molar-refractivity contribution in [2.24, 2.45) is 5.92 Å². The van der Waals surface area contributed by atoms with Gasteiger partial charge in [0.2, 0.25) is 0 Å². The SMILES string of the molecule is CC1CNC(CN(C)C2CCCC2)C1. The predicted molar refractivity (Wildman–Crippen MR) is 60.5 cm³/mol. The van der Waals surface area contributed by atoms with Crippen LogP contribution in [0.15, 0.2) is 0 Å². The largest absolute Gasteiger partial charge is 0.312 e. The maximum Gasteiger partial charge on any atom is 0.0198 e. The number of rotatable bonds is 3. The molecule has 2 atom stereocenters. The van der Waals surface area contributed by atoms with Gasteiger partial charge in [0, 0.05) is 18.6 Å². The maximum absolute atomic E-state index is 3.62. The van der Waals surface area contributed by atoms with Gasteiger partial charge in [-0.1, -0.05) is 19.8 Å². The fourth-order valence-corrected chi connectivity index (χ4v) is 3.00. The summed E-state index contributed by atoms with van der Waals surface area (Å²) >= 11 is 0. The van der Waals surface area contributed by atoms with Crippen molar-refractivity contribution < 1.29 is 0 Å². The topological polar surface area (TPSA) is 15.3 Å². The van der Waals surface area contributed by atoms with E-state index in [4.69, 9.17) is 0 Å². The monoisotopic (exact) mass is 196 g/mol. The summed E-state index contributed by atoms with van der Waals surface area (Å²) in [6.07, 6.45) is 7.13. The Hall–Kier alpha value is -0.0800. The molecule has 1 heterocycles. The molecule has 82 valence electrons. The minimum Gasteiger partial charge on any atom is -0.312 e. The first kappa shape index (κ1) is 10.4. The average Bonchev–Trinajstić information content (AvgIpc) is 2.75. The van der Waals surface area contributed by atoms with Gasteiger partial charge >= 0.3 is 0 Å². The van der Waals surface area contributed by atoms with Gasteiger partial charge < -0.3 is 10.2 Å². The molecule has 2 heteroatoms. The maximum atomic E-state index is 3.62. The summed E-state index contributed by atoms with van der Waals surface area (Å²) in [6.45, 7) is 4.83. The highest BCUT2D eigenvalue weighted by Gasteiger charge is 2.25. The fourth-order valence-electron chi connectivity index (χ4n) is 3.00. The summed E-state index contributed by atoms with van der Waals surface area (Å²) in [5, 5.41) is 3.62. The molecule has 0 aromatic heterocycles. The van der Waals surface area contributed by atoms with Crippen LogP contribution in [0.25, 0.3) is 0 Å². The van der Waals surface area contributed by atoms with E-state index in [0.29, 0.717) is 0 Å². The van der Waals surface area contributed by atoms with Crippen molar-refractivity contribution in [3.8, 4) is 0 Å². The summed E-state index contributed by atoms with van der Waals surface area (Å²) < 4.78 is 0. The highest BCUT2D eigenvalue weighted by Crippen LogP contribution is 2.23. The van der Waals surface area contributed by atoms with Gasteiger partial charge in [-0.2, -0.15) is 0 Å². The number of likely N-dealkylation sites (N-methyl/N-ethyl adjacent to an activating group) is 1. The lowest BCUT2D eigenvalue weighted by Gasteiger charge is -2.27. The molecule has 2 nitrogen and oxygen atoms in total. The van der Waals surface area contributed by atoms with Crippen LogP contribution in [0.2, 0.25) is 0 Å². The third-order valence-electron chi connectivity index (χ3n) is 3.90. The minimum atomic E-state index is 0.760. The Morgan fingerprint density at radius 2 is 2.00 bits per heavy atom. The fraction of sp³-hybridized carbons (Fsp3) is 1.00. The summed E-state index contributed by atoms with van der Waals surface area (Å²) in [4.78, 5) is 2.59. The van der Waals surface area contributed by atoms with E-state index in [1.165, 1.54) is 45.2 Å². The minimum absolute atomic E-state index is 0.760. The Morgan fingerprint density at radius 1 is 1.29 bits per heavy atom. The molecular formula is C12H24N2. The first-order valence-electron chi connectivity index (χ1n) is 6.19. The van der Waals surface area contributed by atoms with Gasteiger partial charge in [-0.3, -0.25) is 0 Å². The van der Waals surface area contributed by atoms with Crippen LogP contribution >= 0.6 is 0 Å². The van der Waals surface area contributed by atoms with Crippen molar-refractivity contribution in [1.29, 1.82) is 0 Å². The zero-order valence-corrected chi connectivity index (χ0v) is 9.63. The lowest BCUT2D eigenvalue weighted by molar-refractivity contribution is 0.224. The first-order valence-corrected chi connectivity index (χ1v) is 6.19. The van der Waals surface area contributed by atoms with E-state index in [1.54, 1.807) is 0 Å². The number of nitrogens with one attached hydrogen (secondary N) is 1. The molecule has 1 aliphatic heterocycles. The molecule has 0 spiro atoms. The Kier molecular flexibility index (Phi) is 3.45. The quantitative estimate of drug-likeness (QED) is 0.741. The molecule has 0 radical (unpaired) electrons. The molecular weight excluding hydrogens is 172 g/mol. The lowest BCUT2D eigenvalue weighted by atomic mass is 10.1. The van der Waals surface area contributed by atoms with E-state index in [0.717, 1.165) is 18.0 Å². The first-order chi connectivity index (χ1) is 6.75.